The summed E-state index contributed by atoms with van der Waals surface area (Å²) in [7, 11) is -3.72. The second kappa shape index (κ2) is 7.22. The van der Waals surface area contributed by atoms with Crippen molar-refractivity contribution in [2.45, 2.75) is 25.3 Å². The molecule has 134 valence electrons. The van der Waals surface area contributed by atoms with Gasteiger partial charge in [-0.15, -0.1) is 0 Å². The Morgan fingerprint density at radius 3 is 2.08 bits per heavy atom. The highest BCUT2D eigenvalue weighted by molar-refractivity contribution is 7.92. The lowest BCUT2D eigenvalue weighted by Gasteiger charge is -2.26. The van der Waals surface area contributed by atoms with Gasteiger partial charge in [0, 0.05) is 5.69 Å². The Bertz CT molecular complexity index is 995. The number of benzene rings is 3. The maximum atomic E-state index is 13.4. The Morgan fingerprint density at radius 1 is 0.846 bits per heavy atom. The third kappa shape index (κ3) is 3.73. The van der Waals surface area contributed by atoms with E-state index in [9.17, 15) is 8.42 Å². The van der Waals surface area contributed by atoms with E-state index in [1.165, 1.54) is 4.31 Å². The highest BCUT2D eigenvalue weighted by Gasteiger charge is 2.26. The number of nitrogens with two attached hydrogens (primary N) is 1. The van der Waals surface area contributed by atoms with Crippen molar-refractivity contribution in [2.24, 2.45) is 0 Å². The van der Waals surface area contributed by atoms with Gasteiger partial charge in [-0.05, 0) is 55.3 Å². The molecule has 0 aliphatic heterocycles. The fourth-order valence-corrected chi connectivity index (χ4v) is 4.29. The van der Waals surface area contributed by atoms with Crippen LogP contribution in [-0.2, 0) is 16.6 Å². The Kier molecular flexibility index (Phi) is 5.00. The molecule has 0 radical (unpaired) electrons. The smallest absolute Gasteiger partial charge is 0.264 e. The summed E-state index contributed by atoms with van der Waals surface area (Å²) in [6, 6.07) is 21.7. The van der Waals surface area contributed by atoms with Crippen LogP contribution in [0.3, 0.4) is 0 Å². The zero-order valence-corrected chi connectivity index (χ0v) is 15.7. The second-order valence-corrected chi connectivity index (χ2v) is 8.22. The number of para-hydroxylation sites is 1. The zero-order valence-electron chi connectivity index (χ0n) is 14.9. The molecule has 0 heterocycles. The van der Waals surface area contributed by atoms with Crippen LogP contribution in [0.1, 0.15) is 16.7 Å². The summed E-state index contributed by atoms with van der Waals surface area (Å²) in [5.74, 6) is 0. The van der Waals surface area contributed by atoms with Crippen molar-refractivity contribution in [2.75, 3.05) is 10.0 Å². The maximum Gasteiger partial charge on any atom is 0.264 e. The predicted molar refractivity (Wildman–Crippen MR) is 107 cm³/mol. The molecule has 0 amide bonds. The van der Waals surface area contributed by atoms with Gasteiger partial charge in [0.05, 0.1) is 17.1 Å². The molecule has 2 N–H and O–H groups in total. The minimum Gasteiger partial charge on any atom is -0.399 e. The monoisotopic (exact) mass is 366 g/mol. The number of nitrogen functional groups attached to an aromatic ring is 1. The van der Waals surface area contributed by atoms with Crippen molar-refractivity contribution in [1.82, 2.24) is 0 Å². The predicted octanol–water partition coefficient (Wildman–Crippen LogP) is 4.28. The van der Waals surface area contributed by atoms with Gasteiger partial charge in [-0.1, -0.05) is 48.0 Å². The first kappa shape index (κ1) is 18.0. The number of aryl methyl sites for hydroxylation is 2. The molecule has 5 heteroatoms. The number of sulfonamides is 1. The zero-order chi connectivity index (χ0) is 18.7. The van der Waals surface area contributed by atoms with Crippen LogP contribution in [0.15, 0.2) is 77.7 Å². The van der Waals surface area contributed by atoms with E-state index in [0.717, 1.165) is 16.7 Å². The molecule has 0 aliphatic carbocycles. The van der Waals surface area contributed by atoms with Crippen LogP contribution in [0.5, 0.6) is 0 Å². The van der Waals surface area contributed by atoms with Gasteiger partial charge in [-0.3, -0.25) is 4.31 Å². The average Bonchev–Trinajstić information content (AvgIpc) is 2.62. The van der Waals surface area contributed by atoms with E-state index in [1.54, 1.807) is 24.3 Å². The average molecular weight is 366 g/mol. The fourth-order valence-electron chi connectivity index (χ4n) is 2.77. The van der Waals surface area contributed by atoms with Gasteiger partial charge in [0.15, 0.2) is 0 Å². The first-order chi connectivity index (χ1) is 12.4. The molecule has 0 aromatic heterocycles. The molecular formula is C21H22N2O2S. The van der Waals surface area contributed by atoms with Crippen molar-refractivity contribution in [3.8, 4) is 0 Å². The molecular weight excluding hydrogens is 344 g/mol. The van der Waals surface area contributed by atoms with Gasteiger partial charge in [0.2, 0.25) is 0 Å². The van der Waals surface area contributed by atoms with Gasteiger partial charge in [-0.2, -0.15) is 0 Å². The van der Waals surface area contributed by atoms with Crippen LogP contribution in [0.25, 0.3) is 0 Å². The SMILES string of the molecule is Cc1ccc(CN(c2ccccc2C)S(=O)(=O)c2ccc(N)cc2)cc1. The van der Waals surface area contributed by atoms with E-state index < -0.39 is 10.0 Å². The summed E-state index contributed by atoms with van der Waals surface area (Å²) < 4.78 is 28.2. The summed E-state index contributed by atoms with van der Waals surface area (Å²) in [5.41, 5.74) is 9.88. The Morgan fingerprint density at radius 2 is 1.46 bits per heavy atom. The van der Waals surface area contributed by atoms with Gasteiger partial charge in [0.1, 0.15) is 0 Å². The van der Waals surface area contributed by atoms with E-state index in [-0.39, 0.29) is 11.4 Å². The van der Waals surface area contributed by atoms with Gasteiger partial charge < -0.3 is 5.73 Å². The van der Waals surface area contributed by atoms with E-state index in [1.807, 2.05) is 62.4 Å². The molecule has 26 heavy (non-hydrogen) atoms. The number of hydrogen-bond acceptors (Lipinski definition) is 3. The largest absolute Gasteiger partial charge is 0.399 e. The molecule has 0 saturated carbocycles. The number of nitrogens with zero attached hydrogens (tertiary/aromatic N) is 1. The van der Waals surface area contributed by atoms with Gasteiger partial charge in [0.25, 0.3) is 10.0 Å². The van der Waals surface area contributed by atoms with Crippen LogP contribution in [0.4, 0.5) is 11.4 Å². The minimum atomic E-state index is -3.72. The highest BCUT2D eigenvalue weighted by Crippen LogP contribution is 2.29. The summed E-state index contributed by atoms with van der Waals surface area (Å²) >= 11 is 0. The van der Waals surface area contributed by atoms with Crippen LogP contribution in [0.2, 0.25) is 0 Å². The lowest BCUT2D eigenvalue weighted by Crippen LogP contribution is -2.31. The van der Waals surface area contributed by atoms with Crippen LogP contribution in [0, 0.1) is 13.8 Å². The third-order valence-corrected chi connectivity index (χ3v) is 6.07. The van der Waals surface area contributed by atoms with Crippen LogP contribution in [-0.4, -0.2) is 8.42 Å². The topological polar surface area (TPSA) is 63.4 Å². The van der Waals surface area contributed by atoms with Crippen LogP contribution < -0.4 is 10.0 Å². The highest BCUT2D eigenvalue weighted by atomic mass is 32.2. The fraction of sp³-hybridized carbons (Fsp3) is 0.143. The molecule has 3 aromatic carbocycles. The molecule has 0 aliphatic rings. The van der Waals surface area contributed by atoms with Crippen molar-refractivity contribution in [3.05, 3.63) is 89.5 Å². The van der Waals surface area contributed by atoms with Crippen molar-refractivity contribution in [1.29, 1.82) is 0 Å². The normalized spacial score (nSPS) is 11.3. The number of rotatable bonds is 5. The van der Waals surface area contributed by atoms with E-state index in [2.05, 4.69) is 0 Å². The minimum absolute atomic E-state index is 0.224. The summed E-state index contributed by atoms with van der Waals surface area (Å²) in [6.45, 7) is 4.18. The molecule has 3 rings (SSSR count). The maximum absolute atomic E-state index is 13.4. The molecule has 4 nitrogen and oxygen atoms in total. The quantitative estimate of drug-likeness (QED) is 0.686. The Hall–Kier alpha value is -2.79. The van der Waals surface area contributed by atoms with Crippen molar-refractivity contribution >= 4 is 21.4 Å². The lowest BCUT2D eigenvalue weighted by atomic mass is 10.1. The van der Waals surface area contributed by atoms with E-state index in [4.69, 9.17) is 5.73 Å². The van der Waals surface area contributed by atoms with E-state index in [0.29, 0.717) is 11.4 Å². The van der Waals surface area contributed by atoms with E-state index >= 15 is 0 Å². The van der Waals surface area contributed by atoms with Crippen LogP contribution >= 0.6 is 0 Å². The molecule has 0 atom stereocenters. The summed E-state index contributed by atoms with van der Waals surface area (Å²) in [6.07, 6.45) is 0. The third-order valence-electron chi connectivity index (χ3n) is 4.30. The number of hydrogen-bond donors (Lipinski definition) is 1. The second-order valence-electron chi connectivity index (χ2n) is 6.35. The molecule has 0 bridgehead atoms. The first-order valence-corrected chi connectivity index (χ1v) is 9.81. The van der Waals surface area contributed by atoms with Gasteiger partial charge >= 0.3 is 0 Å². The first-order valence-electron chi connectivity index (χ1n) is 8.37. The van der Waals surface area contributed by atoms with Crippen molar-refractivity contribution in [3.63, 3.8) is 0 Å². The molecule has 3 aromatic rings. The van der Waals surface area contributed by atoms with Gasteiger partial charge in [-0.25, -0.2) is 8.42 Å². The lowest BCUT2D eigenvalue weighted by molar-refractivity contribution is 0.590. The molecule has 0 spiro atoms. The standard InChI is InChI=1S/C21H22N2O2S/c1-16-7-9-18(10-8-16)15-23(21-6-4-3-5-17(21)2)26(24,25)20-13-11-19(22)12-14-20/h3-14H,15,22H2,1-2H3. The molecule has 0 fully saturated rings. The van der Waals surface area contributed by atoms with Crippen molar-refractivity contribution < 1.29 is 8.42 Å². The number of anilines is 2. The molecule has 0 unspecified atom stereocenters. The Labute approximate surface area is 155 Å². The molecule has 0 saturated heterocycles. The Balaban J connectivity index is 2.09. The summed E-state index contributed by atoms with van der Waals surface area (Å²) in [5, 5.41) is 0. The summed E-state index contributed by atoms with van der Waals surface area (Å²) in [4.78, 5) is 0.224.